The van der Waals surface area contributed by atoms with Crippen LogP contribution in [0.1, 0.15) is 32.6 Å². The van der Waals surface area contributed by atoms with Crippen molar-refractivity contribution < 1.29 is 9.90 Å². The molecule has 0 aromatic rings. The molecule has 0 aliphatic heterocycles. The van der Waals surface area contributed by atoms with E-state index in [4.69, 9.17) is 0 Å². The Hall–Kier alpha value is 0.110. The Morgan fingerprint density at radius 3 is 2.92 bits per heavy atom. The van der Waals surface area contributed by atoms with Crippen LogP contribution in [0.15, 0.2) is 0 Å². The fourth-order valence-corrected chi connectivity index (χ4v) is 2.81. The number of alkyl halides is 1. The van der Waals surface area contributed by atoms with Crippen LogP contribution in [-0.2, 0) is 9.90 Å². The van der Waals surface area contributed by atoms with Gasteiger partial charge in [0.05, 0.1) is 5.92 Å². The van der Waals surface area contributed by atoms with Gasteiger partial charge in [0.2, 0.25) is 0 Å². The summed E-state index contributed by atoms with van der Waals surface area (Å²) in [5, 5.41) is 11.5. The molecular weight excluding hydrogens is 232 g/mol. The molecule has 0 amide bonds. The molecule has 3 heteroatoms. The number of hydrogen-bond donors (Lipinski definition) is 0. The van der Waals surface area contributed by atoms with Gasteiger partial charge in [0.25, 0.3) is 0 Å². The molecule has 1 aliphatic rings. The van der Waals surface area contributed by atoms with E-state index in [1.807, 2.05) is 0 Å². The Balaban J connectivity index is 2.57. The van der Waals surface area contributed by atoms with Crippen molar-refractivity contribution in [2.45, 2.75) is 43.5 Å². The van der Waals surface area contributed by atoms with Gasteiger partial charge in [-0.2, -0.15) is 0 Å². The standard InChI is InChI=1S/C10H15BrO2/c1-2-4-7(11)10-8(12)5-3-6-9(10)13/h5,7,9-10H,2-4,6H2,1H3. The van der Waals surface area contributed by atoms with Crippen molar-refractivity contribution in [3.8, 4) is 0 Å². The molecule has 1 fully saturated rings. The van der Waals surface area contributed by atoms with Crippen LogP contribution in [0.2, 0.25) is 0 Å². The van der Waals surface area contributed by atoms with Gasteiger partial charge in [0.1, 0.15) is 11.9 Å². The third-order valence-electron chi connectivity index (χ3n) is 2.48. The Bertz CT molecular complexity index is 182. The summed E-state index contributed by atoms with van der Waals surface area (Å²) in [5.41, 5.74) is 0. The fourth-order valence-electron chi connectivity index (χ4n) is 1.76. The minimum atomic E-state index is -0.701. The minimum absolute atomic E-state index is 0.0431. The van der Waals surface area contributed by atoms with Crippen molar-refractivity contribution in [1.82, 2.24) is 0 Å². The Kier molecular flexibility index (Phi) is 4.39. The second-order valence-electron chi connectivity index (χ2n) is 3.55. The number of rotatable bonds is 3. The zero-order chi connectivity index (χ0) is 9.84. The highest BCUT2D eigenvalue weighted by molar-refractivity contribution is 9.09. The Morgan fingerprint density at radius 1 is 1.69 bits per heavy atom. The molecule has 13 heavy (non-hydrogen) atoms. The molecule has 0 bridgehead atoms. The number of carbonyl (C=O) groups excluding carboxylic acids is 1. The summed E-state index contributed by atoms with van der Waals surface area (Å²) in [6, 6.07) is 0. The fraction of sp³-hybridized carbons (Fsp3) is 0.800. The molecule has 0 N–H and O–H groups in total. The van der Waals surface area contributed by atoms with E-state index in [2.05, 4.69) is 22.9 Å². The Labute approximate surface area is 87.8 Å². The molecule has 0 aromatic carbocycles. The van der Waals surface area contributed by atoms with Crippen molar-refractivity contribution >= 4 is 21.7 Å². The van der Waals surface area contributed by atoms with Crippen molar-refractivity contribution in [2.75, 3.05) is 0 Å². The molecule has 2 nitrogen and oxygen atoms in total. The van der Waals surface area contributed by atoms with Gasteiger partial charge < -0.3 is 0 Å². The van der Waals surface area contributed by atoms with Crippen molar-refractivity contribution in [3.63, 3.8) is 0 Å². The molecule has 2 radical (unpaired) electrons. The first-order valence-corrected chi connectivity index (χ1v) is 5.75. The zero-order valence-electron chi connectivity index (χ0n) is 7.83. The maximum atomic E-state index is 11.5. The number of hydrogen-bond acceptors (Lipinski definition) is 1. The van der Waals surface area contributed by atoms with Gasteiger partial charge in [0.15, 0.2) is 0 Å². The summed E-state index contributed by atoms with van der Waals surface area (Å²) >= 11 is 3.44. The van der Waals surface area contributed by atoms with Crippen LogP contribution in [0.3, 0.4) is 0 Å². The first kappa shape index (κ1) is 11.2. The lowest BCUT2D eigenvalue weighted by Crippen LogP contribution is -2.38. The van der Waals surface area contributed by atoms with Gasteiger partial charge in [-0.15, -0.1) is 0 Å². The van der Waals surface area contributed by atoms with Gasteiger partial charge in [-0.3, -0.25) is 4.79 Å². The first-order valence-electron chi connectivity index (χ1n) is 4.83. The average Bonchev–Trinajstić information content (AvgIpc) is 2.04. The van der Waals surface area contributed by atoms with Gasteiger partial charge >= 0.3 is 0 Å². The van der Waals surface area contributed by atoms with E-state index in [1.165, 1.54) is 0 Å². The third kappa shape index (κ3) is 2.78. The van der Waals surface area contributed by atoms with Crippen LogP contribution < -0.4 is 0 Å². The maximum Gasteiger partial charge on any atom is 0.143 e. The Morgan fingerprint density at radius 2 is 2.38 bits per heavy atom. The molecule has 3 atom stereocenters. The van der Waals surface area contributed by atoms with Crippen LogP contribution in [0, 0.1) is 12.3 Å². The van der Waals surface area contributed by atoms with E-state index in [1.54, 1.807) is 6.42 Å². The topological polar surface area (TPSA) is 37.0 Å². The molecular formula is C10H15BrO2. The van der Waals surface area contributed by atoms with E-state index < -0.39 is 6.10 Å². The predicted octanol–water partition coefficient (Wildman–Crippen LogP) is 2.53. The maximum absolute atomic E-state index is 11.5. The van der Waals surface area contributed by atoms with Crippen LogP contribution in [0.5, 0.6) is 0 Å². The van der Waals surface area contributed by atoms with Crippen molar-refractivity contribution in [3.05, 3.63) is 6.42 Å². The predicted molar refractivity (Wildman–Crippen MR) is 54.1 cm³/mol. The van der Waals surface area contributed by atoms with Crippen LogP contribution in [0.25, 0.3) is 0 Å². The van der Waals surface area contributed by atoms with Gasteiger partial charge in [-0.25, -0.2) is 5.11 Å². The van der Waals surface area contributed by atoms with Gasteiger partial charge in [-0.05, 0) is 19.3 Å². The number of halogens is 1. The molecule has 1 saturated carbocycles. The minimum Gasteiger partial charge on any atom is -0.299 e. The number of Topliss-reactive ketones (excluding diaryl/α,β-unsaturated/α-hetero) is 1. The zero-order valence-corrected chi connectivity index (χ0v) is 9.42. The molecule has 0 heterocycles. The highest BCUT2D eigenvalue weighted by atomic mass is 79.9. The van der Waals surface area contributed by atoms with E-state index in [-0.39, 0.29) is 16.5 Å². The van der Waals surface area contributed by atoms with Crippen molar-refractivity contribution in [2.24, 2.45) is 5.92 Å². The molecule has 1 rings (SSSR count). The summed E-state index contributed by atoms with van der Waals surface area (Å²) in [4.78, 5) is 11.5. The van der Waals surface area contributed by atoms with E-state index >= 15 is 0 Å². The largest absolute Gasteiger partial charge is 0.299 e. The quantitative estimate of drug-likeness (QED) is 0.706. The summed E-state index contributed by atoms with van der Waals surface area (Å²) in [6.45, 7) is 2.06. The highest BCUT2D eigenvalue weighted by Gasteiger charge is 2.36. The second kappa shape index (κ2) is 5.11. The van der Waals surface area contributed by atoms with Gasteiger partial charge in [0, 0.05) is 11.2 Å². The summed E-state index contributed by atoms with van der Waals surface area (Å²) in [5.74, 6) is -0.282. The highest BCUT2D eigenvalue weighted by Crippen LogP contribution is 2.30. The third-order valence-corrected chi connectivity index (χ3v) is 3.51. The van der Waals surface area contributed by atoms with Crippen LogP contribution >= 0.6 is 15.9 Å². The SMILES string of the molecule is CCCC(Br)C1C(=O)[CH]CCC1[O]. The molecule has 0 aromatic heterocycles. The lowest BCUT2D eigenvalue weighted by Gasteiger charge is -2.28. The van der Waals surface area contributed by atoms with E-state index in [9.17, 15) is 9.90 Å². The first-order chi connectivity index (χ1) is 6.16. The lowest BCUT2D eigenvalue weighted by molar-refractivity contribution is -0.127. The van der Waals surface area contributed by atoms with E-state index in [0.29, 0.717) is 12.8 Å². The average molecular weight is 247 g/mol. The smallest absolute Gasteiger partial charge is 0.143 e. The van der Waals surface area contributed by atoms with Crippen LogP contribution in [0.4, 0.5) is 0 Å². The van der Waals surface area contributed by atoms with Crippen LogP contribution in [-0.4, -0.2) is 16.7 Å². The molecule has 3 unspecified atom stereocenters. The summed E-state index contributed by atoms with van der Waals surface area (Å²) in [6.07, 6.45) is 4.16. The summed E-state index contributed by atoms with van der Waals surface area (Å²) < 4.78 is 0. The monoisotopic (exact) mass is 246 g/mol. The van der Waals surface area contributed by atoms with Gasteiger partial charge in [-0.1, -0.05) is 29.3 Å². The van der Waals surface area contributed by atoms with E-state index in [0.717, 1.165) is 12.8 Å². The second-order valence-corrected chi connectivity index (χ2v) is 4.73. The van der Waals surface area contributed by atoms with Crippen molar-refractivity contribution in [1.29, 1.82) is 0 Å². The lowest BCUT2D eigenvalue weighted by atomic mass is 9.82. The molecule has 1 aliphatic carbocycles. The summed E-state index contributed by atoms with van der Waals surface area (Å²) in [7, 11) is 0. The molecule has 74 valence electrons. The number of ketones is 1. The number of carbonyl (C=O) groups is 1. The molecule has 0 saturated heterocycles. The molecule has 0 spiro atoms. The normalized spacial score (nSPS) is 31.8.